The molecule has 0 spiro atoms. The Morgan fingerprint density at radius 1 is 1.09 bits per heavy atom. The van der Waals surface area contributed by atoms with Crippen LogP contribution in [0.3, 0.4) is 0 Å². The zero-order valence-corrected chi connectivity index (χ0v) is 21.8. The molecule has 0 aromatic heterocycles. The van der Waals surface area contributed by atoms with Crippen molar-refractivity contribution in [1.82, 2.24) is 0 Å². The van der Waals surface area contributed by atoms with Crippen LogP contribution in [0.2, 0.25) is 0 Å². The van der Waals surface area contributed by atoms with Crippen LogP contribution >= 0.6 is 0 Å². The van der Waals surface area contributed by atoms with Crippen molar-refractivity contribution < 1.29 is 38.8 Å². The summed E-state index contributed by atoms with van der Waals surface area (Å²) in [6, 6.07) is 10.9. The van der Waals surface area contributed by atoms with Gasteiger partial charge in [0.2, 0.25) is 5.69 Å². The number of allylic oxidation sites excluding steroid dienone is 1. The quantitative estimate of drug-likeness (QED) is 0.447. The summed E-state index contributed by atoms with van der Waals surface area (Å²) in [4.78, 5) is 2.48. The van der Waals surface area contributed by atoms with Gasteiger partial charge in [-0.15, -0.1) is 0 Å². The monoisotopic (exact) mass is 546 g/mol. The fraction of sp³-hybridized carbons (Fsp3) is 0.444. The SMILES string of the molecule is CCO.C[N+]1=C(/C=C/c2cc3c4c(c2O)CCCN4CCC3)C(C)(C)c2ccccc21.[I-]. The summed E-state index contributed by atoms with van der Waals surface area (Å²) < 4.78 is 2.28. The Kier molecular flexibility index (Phi) is 7.71. The van der Waals surface area contributed by atoms with Crippen molar-refractivity contribution in [1.29, 1.82) is 0 Å². The van der Waals surface area contributed by atoms with Crippen molar-refractivity contribution in [3.8, 4) is 5.75 Å². The number of para-hydroxylation sites is 1. The summed E-state index contributed by atoms with van der Waals surface area (Å²) in [5, 5.41) is 18.6. The molecule has 2 aromatic rings. The van der Waals surface area contributed by atoms with Gasteiger partial charge >= 0.3 is 0 Å². The Labute approximate surface area is 209 Å². The number of aliphatic hydroxyl groups is 1. The summed E-state index contributed by atoms with van der Waals surface area (Å²) in [7, 11) is 2.14. The minimum Gasteiger partial charge on any atom is -1.00 e. The first-order valence-corrected chi connectivity index (χ1v) is 11.5. The normalized spacial score (nSPS) is 18.0. The van der Waals surface area contributed by atoms with Gasteiger partial charge in [-0.1, -0.05) is 18.2 Å². The van der Waals surface area contributed by atoms with Crippen LogP contribution in [0.15, 0.2) is 36.4 Å². The molecule has 0 radical (unpaired) electrons. The van der Waals surface area contributed by atoms with Crippen molar-refractivity contribution in [3.05, 3.63) is 58.7 Å². The molecule has 5 rings (SSSR count). The third-order valence-corrected chi connectivity index (χ3v) is 6.89. The number of aryl methyl sites for hydroxylation is 1. The average molecular weight is 546 g/mol. The first-order chi connectivity index (χ1) is 14.9. The molecule has 0 saturated heterocycles. The van der Waals surface area contributed by atoms with Crippen molar-refractivity contribution in [3.63, 3.8) is 0 Å². The predicted molar refractivity (Wildman–Crippen MR) is 129 cm³/mol. The molecule has 0 unspecified atom stereocenters. The fourth-order valence-corrected chi connectivity index (χ4v) is 5.47. The number of rotatable bonds is 2. The molecule has 32 heavy (non-hydrogen) atoms. The zero-order chi connectivity index (χ0) is 22.2. The molecule has 3 aliphatic rings. The smallest absolute Gasteiger partial charge is 0.209 e. The molecule has 3 heterocycles. The predicted octanol–water partition coefficient (Wildman–Crippen LogP) is 1.81. The summed E-state index contributed by atoms with van der Waals surface area (Å²) in [5.41, 5.74) is 8.71. The van der Waals surface area contributed by atoms with E-state index in [1.54, 1.807) is 6.92 Å². The van der Waals surface area contributed by atoms with Gasteiger partial charge in [0.05, 0.1) is 5.41 Å². The molecule has 5 heteroatoms. The van der Waals surface area contributed by atoms with Gasteiger partial charge in [-0.05, 0) is 64.2 Å². The highest BCUT2D eigenvalue weighted by Gasteiger charge is 2.42. The van der Waals surface area contributed by atoms with Crippen LogP contribution in [0, 0.1) is 0 Å². The Hall–Kier alpha value is -1.86. The van der Waals surface area contributed by atoms with E-state index in [0.29, 0.717) is 5.75 Å². The van der Waals surface area contributed by atoms with E-state index in [2.05, 4.69) is 72.9 Å². The Morgan fingerprint density at radius 3 is 2.44 bits per heavy atom. The molecule has 4 nitrogen and oxygen atoms in total. The van der Waals surface area contributed by atoms with Crippen LogP contribution in [0.4, 0.5) is 11.4 Å². The Morgan fingerprint density at radius 2 is 1.75 bits per heavy atom. The van der Waals surface area contributed by atoms with Gasteiger partial charge in [0, 0.05) is 54.2 Å². The van der Waals surface area contributed by atoms with Gasteiger partial charge in [0.1, 0.15) is 12.8 Å². The molecule has 0 amide bonds. The standard InChI is InChI=1S/C25H28N2O.C2H6O.HI/c1-25(2)20-10-4-5-11-21(20)26(3)22(25)13-12-18-16-17-8-6-14-27-15-7-9-19(23(17)27)24(18)28;1-2-3;/h4-5,10-13,16H,6-9,14-15H2,1-3H3;3H,2H2,1H3;1H. The van der Waals surface area contributed by atoms with Crippen LogP contribution in [0.25, 0.3) is 6.08 Å². The molecule has 0 aliphatic carbocycles. The highest BCUT2D eigenvalue weighted by Crippen LogP contribution is 2.43. The van der Waals surface area contributed by atoms with Crippen LogP contribution in [-0.2, 0) is 18.3 Å². The van der Waals surface area contributed by atoms with Gasteiger partial charge in [-0.3, -0.25) is 0 Å². The lowest BCUT2D eigenvalue weighted by Gasteiger charge is -2.37. The highest BCUT2D eigenvalue weighted by atomic mass is 127. The minimum atomic E-state index is -0.0449. The van der Waals surface area contributed by atoms with Crippen LogP contribution in [0.5, 0.6) is 5.75 Å². The van der Waals surface area contributed by atoms with E-state index in [-0.39, 0.29) is 36.0 Å². The largest absolute Gasteiger partial charge is 1.00 e. The zero-order valence-electron chi connectivity index (χ0n) is 19.7. The maximum absolute atomic E-state index is 11.0. The lowest BCUT2D eigenvalue weighted by molar-refractivity contribution is -0.401. The van der Waals surface area contributed by atoms with Crippen LogP contribution in [0.1, 0.15) is 55.9 Å². The molecule has 172 valence electrons. The number of nitrogens with zero attached hydrogens (tertiary/aromatic N) is 2. The van der Waals surface area contributed by atoms with Gasteiger partial charge in [-0.25, -0.2) is 0 Å². The van der Waals surface area contributed by atoms with Gasteiger partial charge < -0.3 is 39.1 Å². The fourth-order valence-electron chi connectivity index (χ4n) is 5.47. The molecule has 0 bridgehead atoms. The Bertz CT molecular complexity index is 1050. The van der Waals surface area contributed by atoms with E-state index in [9.17, 15) is 5.11 Å². The summed E-state index contributed by atoms with van der Waals surface area (Å²) >= 11 is 0. The molecule has 0 saturated carbocycles. The third kappa shape index (κ3) is 4.21. The third-order valence-electron chi connectivity index (χ3n) is 6.89. The van der Waals surface area contributed by atoms with E-state index >= 15 is 0 Å². The topological polar surface area (TPSA) is 46.7 Å². The first-order valence-electron chi connectivity index (χ1n) is 11.5. The maximum Gasteiger partial charge on any atom is 0.209 e. The maximum atomic E-state index is 11.0. The number of phenolic OH excluding ortho intramolecular Hbond substituents is 1. The summed E-state index contributed by atoms with van der Waals surface area (Å²) in [6.45, 7) is 8.75. The first kappa shape index (κ1) is 24.8. The Balaban J connectivity index is 0.000000686. The van der Waals surface area contributed by atoms with Gasteiger partial charge in [0.15, 0.2) is 5.71 Å². The number of hydrogen-bond acceptors (Lipinski definition) is 3. The number of aromatic hydroxyl groups is 1. The molecule has 0 atom stereocenters. The summed E-state index contributed by atoms with van der Waals surface area (Å²) in [6.07, 6.45) is 8.78. The number of fused-ring (bicyclic) bond motifs is 1. The van der Waals surface area contributed by atoms with Crippen LogP contribution < -0.4 is 28.9 Å². The molecular weight excluding hydrogens is 511 g/mol. The molecule has 3 aliphatic heterocycles. The number of halogens is 1. The molecule has 0 fully saturated rings. The molecular formula is C27H35IN2O2. The average Bonchev–Trinajstić information content (AvgIpc) is 2.96. The number of aliphatic hydroxyl groups excluding tert-OH is 1. The van der Waals surface area contributed by atoms with Crippen molar-refractivity contribution >= 4 is 23.2 Å². The summed E-state index contributed by atoms with van der Waals surface area (Å²) in [5.74, 6) is 0.484. The number of hydrogen-bond donors (Lipinski definition) is 2. The van der Waals surface area contributed by atoms with E-state index in [1.165, 1.54) is 34.6 Å². The minimum absolute atomic E-state index is 0. The number of phenols is 1. The second kappa shape index (κ2) is 9.96. The second-order valence-corrected chi connectivity index (χ2v) is 9.23. The van der Waals surface area contributed by atoms with E-state index < -0.39 is 0 Å². The van der Waals surface area contributed by atoms with Gasteiger partial charge in [-0.2, -0.15) is 4.58 Å². The van der Waals surface area contributed by atoms with Gasteiger partial charge in [0.25, 0.3) is 0 Å². The van der Waals surface area contributed by atoms with Crippen molar-refractivity contribution in [2.45, 2.75) is 51.9 Å². The van der Waals surface area contributed by atoms with E-state index in [0.717, 1.165) is 43.5 Å². The number of benzene rings is 2. The van der Waals surface area contributed by atoms with E-state index in [4.69, 9.17) is 5.11 Å². The molecule has 2 N–H and O–H groups in total. The lowest BCUT2D eigenvalue weighted by Crippen LogP contribution is -3.00. The van der Waals surface area contributed by atoms with Crippen molar-refractivity contribution in [2.24, 2.45) is 0 Å². The van der Waals surface area contributed by atoms with E-state index in [1.807, 2.05) is 0 Å². The number of anilines is 1. The second-order valence-electron chi connectivity index (χ2n) is 9.23. The lowest BCUT2D eigenvalue weighted by atomic mass is 9.81. The van der Waals surface area contributed by atoms with Crippen molar-refractivity contribution in [2.75, 3.05) is 31.6 Å². The highest BCUT2D eigenvalue weighted by molar-refractivity contribution is 6.05. The van der Waals surface area contributed by atoms with Crippen LogP contribution in [-0.4, -0.2) is 47.2 Å². The molecule has 2 aromatic carbocycles.